The second kappa shape index (κ2) is 6.37. The normalized spacial score (nSPS) is 23.0. The van der Waals surface area contributed by atoms with Crippen LogP contribution in [0.1, 0.15) is 45.4 Å². The summed E-state index contributed by atoms with van der Waals surface area (Å²) >= 11 is 0. The van der Waals surface area contributed by atoms with Crippen molar-refractivity contribution in [2.45, 2.75) is 57.5 Å². The lowest BCUT2D eigenvalue weighted by molar-refractivity contribution is -0.137. The molecule has 1 saturated heterocycles. The summed E-state index contributed by atoms with van der Waals surface area (Å²) in [5.74, 6) is -0.0582. The lowest BCUT2D eigenvalue weighted by Gasteiger charge is -2.35. The first-order valence-corrected chi connectivity index (χ1v) is 7.32. The zero-order chi connectivity index (χ0) is 13.8. The number of nitrogens with zero attached hydrogens (tertiary/aromatic N) is 1. The van der Waals surface area contributed by atoms with Crippen LogP contribution in [-0.4, -0.2) is 47.1 Å². The van der Waals surface area contributed by atoms with Crippen molar-refractivity contribution in [3.63, 3.8) is 0 Å². The highest BCUT2D eigenvalue weighted by atomic mass is 16.4. The van der Waals surface area contributed by atoms with Crippen molar-refractivity contribution in [2.24, 2.45) is 5.92 Å². The summed E-state index contributed by atoms with van der Waals surface area (Å²) in [5.41, 5.74) is 0. The fourth-order valence-corrected chi connectivity index (χ4v) is 2.67. The third kappa shape index (κ3) is 4.49. The zero-order valence-electron chi connectivity index (χ0n) is 11.6. The van der Waals surface area contributed by atoms with Crippen LogP contribution in [-0.2, 0) is 9.59 Å². The van der Waals surface area contributed by atoms with Gasteiger partial charge in [-0.15, -0.1) is 0 Å². The maximum atomic E-state index is 12.0. The number of rotatable bonds is 6. The van der Waals surface area contributed by atoms with E-state index >= 15 is 0 Å². The average Bonchev–Trinajstić information content (AvgIpc) is 3.20. The van der Waals surface area contributed by atoms with Crippen LogP contribution in [0.3, 0.4) is 0 Å². The van der Waals surface area contributed by atoms with Gasteiger partial charge in [0.2, 0.25) is 5.91 Å². The Morgan fingerprint density at radius 2 is 1.89 bits per heavy atom. The van der Waals surface area contributed by atoms with E-state index < -0.39 is 5.97 Å². The van der Waals surface area contributed by atoms with Gasteiger partial charge in [0.25, 0.3) is 0 Å². The molecule has 0 aromatic carbocycles. The van der Waals surface area contributed by atoms with Gasteiger partial charge in [0.15, 0.2) is 0 Å². The van der Waals surface area contributed by atoms with Gasteiger partial charge in [-0.2, -0.15) is 0 Å². The van der Waals surface area contributed by atoms with Gasteiger partial charge < -0.3 is 10.4 Å². The molecule has 1 amide bonds. The molecule has 1 heterocycles. The van der Waals surface area contributed by atoms with Gasteiger partial charge in [-0.1, -0.05) is 0 Å². The van der Waals surface area contributed by atoms with E-state index in [0.29, 0.717) is 12.0 Å². The molecule has 19 heavy (non-hydrogen) atoms. The molecule has 2 aliphatic rings. The molecular weight excluding hydrogens is 244 g/mol. The lowest BCUT2D eigenvalue weighted by atomic mass is 9.91. The summed E-state index contributed by atoms with van der Waals surface area (Å²) in [5, 5.41) is 11.7. The first kappa shape index (κ1) is 14.3. The third-order valence-corrected chi connectivity index (χ3v) is 4.27. The Kier molecular flexibility index (Phi) is 4.80. The molecule has 0 aromatic rings. The number of hydrogen-bond donors (Lipinski definition) is 2. The number of carbonyl (C=O) groups is 2. The van der Waals surface area contributed by atoms with E-state index in [2.05, 4.69) is 10.2 Å². The molecule has 1 atom stereocenters. The molecule has 2 N–H and O–H groups in total. The zero-order valence-corrected chi connectivity index (χ0v) is 11.6. The van der Waals surface area contributed by atoms with E-state index in [0.717, 1.165) is 45.2 Å². The van der Waals surface area contributed by atoms with Crippen LogP contribution in [0.5, 0.6) is 0 Å². The van der Waals surface area contributed by atoms with Crippen LogP contribution < -0.4 is 5.32 Å². The molecule has 2 rings (SSSR count). The highest BCUT2D eigenvalue weighted by Gasteiger charge is 2.30. The molecule has 5 nitrogen and oxygen atoms in total. The second-order valence-electron chi connectivity index (χ2n) is 5.87. The molecule has 108 valence electrons. The van der Waals surface area contributed by atoms with Crippen LogP contribution in [0, 0.1) is 5.92 Å². The van der Waals surface area contributed by atoms with Crippen LogP contribution in [0.25, 0.3) is 0 Å². The molecular formula is C14H24N2O3. The highest BCUT2D eigenvalue weighted by Crippen LogP contribution is 2.24. The predicted molar refractivity (Wildman–Crippen MR) is 71.8 cm³/mol. The Hall–Kier alpha value is -1.10. The summed E-state index contributed by atoms with van der Waals surface area (Å²) in [6.07, 6.45) is 5.29. The number of carboxylic acid groups (broad SMARTS) is 1. The van der Waals surface area contributed by atoms with Gasteiger partial charge in [-0.3, -0.25) is 14.5 Å². The minimum atomic E-state index is -0.709. The van der Waals surface area contributed by atoms with Gasteiger partial charge >= 0.3 is 5.97 Å². The standard InChI is InChI=1S/C14H24N2O3/c1-10(14(19)15-12-3-4-12)16-8-6-11(7-9-16)2-5-13(17)18/h10-12H,2-9H2,1H3,(H,15,19)(H,17,18). The van der Waals surface area contributed by atoms with Crippen LogP contribution in [0.4, 0.5) is 0 Å². The van der Waals surface area contributed by atoms with Crippen molar-refractivity contribution in [1.82, 2.24) is 10.2 Å². The Bertz CT molecular complexity index is 334. The van der Waals surface area contributed by atoms with Crippen molar-refractivity contribution in [3.8, 4) is 0 Å². The molecule has 1 unspecified atom stereocenters. The molecule has 1 aliphatic carbocycles. The van der Waals surface area contributed by atoms with Crippen molar-refractivity contribution in [3.05, 3.63) is 0 Å². The number of carbonyl (C=O) groups excluding carboxylic acids is 1. The van der Waals surface area contributed by atoms with Crippen molar-refractivity contribution < 1.29 is 14.7 Å². The van der Waals surface area contributed by atoms with E-state index in [1.165, 1.54) is 0 Å². The summed E-state index contributed by atoms with van der Waals surface area (Å²) in [7, 11) is 0. The quantitative estimate of drug-likeness (QED) is 0.760. The minimum absolute atomic E-state index is 0.0546. The van der Waals surface area contributed by atoms with Gasteiger partial charge in [0, 0.05) is 12.5 Å². The largest absolute Gasteiger partial charge is 0.481 e. The first-order chi connectivity index (χ1) is 9.06. The van der Waals surface area contributed by atoms with E-state index in [9.17, 15) is 9.59 Å². The molecule has 1 aliphatic heterocycles. The Labute approximate surface area is 114 Å². The van der Waals surface area contributed by atoms with Gasteiger partial charge in [0.05, 0.1) is 6.04 Å². The lowest BCUT2D eigenvalue weighted by Crippen LogP contribution is -2.48. The van der Waals surface area contributed by atoms with E-state index in [1.54, 1.807) is 0 Å². The monoisotopic (exact) mass is 268 g/mol. The summed E-state index contributed by atoms with van der Waals surface area (Å²) < 4.78 is 0. The third-order valence-electron chi connectivity index (χ3n) is 4.27. The number of amides is 1. The van der Waals surface area contributed by atoms with Crippen molar-refractivity contribution in [2.75, 3.05) is 13.1 Å². The SMILES string of the molecule is CC(C(=O)NC1CC1)N1CCC(CCC(=O)O)CC1. The number of likely N-dealkylation sites (tertiary alicyclic amines) is 1. The van der Waals surface area contributed by atoms with Gasteiger partial charge in [-0.05, 0) is 58.0 Å². The van der Waals surface area contributed by atoms with E-state index in [1.807, 2.05) is 6.92 Å². The molecule has 0 spiro atoms. The Morgan fingerprint density at radius 3 is 2.42 bits per heavy atom. The topological polar surface area (TPSA) is 69.6 Å². The van der Waals surface area contributed by atoms with Crippen LogP contribution in [0.15, 0.2) is 0 Å². The molecule has 0 aromatic heterocycles. The molecule has 1 saturated carbocycles. The molecule has 0 bridgehead atoms. The average molecular weight is 268 g/mol. The van der Waals surface area contributed by atoms with E-state index in [-0.39, 0.29) is 18.4 Å². The Balaban J connectivity index is 1.69. The van der Waals surface area contributed by atoms with Crippen molar-refractivity contribution >= 4 is 11.9 Å². The first-order valence-electron chi connectivity index (χ1n) is 7.32. The number of aliphatic carboxylic acids is 1. The molecule has 0 radical (unpaired) electrons. The molecule has 2 fully saturated rings. The maximum Gasteiger partial charge on any atom is 0.303 e. The molecule has 5 heteroatoms. The van der Waals surface area contributed by atoms with Crippen LogP contribution >= 0.6 is 0 Å². The summed E-state index contributed by atoms with van der Waals surface area (Å²) in [6.45, 7) is 3.78. The number of carboxylic acids is 1. The number of piperidine rings is 1. The van der Waals surface area contributed by atoms with Gasteiger partial charge in [-0.25, -0.2) is 0 Å². The summed E-state index contributed by atoms with van der Waals surface area (Å²) in [6, 6.07) is 0.365. The number of hydrogen-bond acceptors (Lipinski definition) is 3. The maximum absolute atomic E-state index is 12.0. The van der Waals surface area contributed by atoms with E-state index in [4.69, 9.17) is 5.11 Å². The Morgan fingerprint density at radius 1 is 1.26 bits per heavy atom. The van der Waals surface area contributed by atoms with Crippen LogP contribution in [0.2, 0.25) is 0 Å². The fourth-order valence-electron chi connectivity index (χ4n) is 2.67. The highest BCUT2D eigenvalue weighted by molar-refractivity contribution is 5.81. The van der Waals surface area contributed by atoms with Gasteiger partial charge in [0.1, 0.15) is 0 Å². The minimum Gasteiger partial charge on any atom is -0.481 e. The smallest absolute Gasteiger partial charge is 0.303 e. The summed E-state index contributed by atoms with van der Waals surface area (Å²) in [4.78, 5) is 24.7. The predicted octanol–water partition coefficient (Wildman–Crippen LogP) is 1.23. The van der Waals surface area contributed by atoms with Crippen molar-refractivity contribution in [1.29, 1.82) is 0 Å². The fraction of sp³-hybridized carbons (Fsp3) is 0.857. The number of nitrogens with one attached hydrogen (secondary N) is 1. The second-order valence-corrected chi connectivity index (χ2v) is 5.87.